The van der Waals surface area contributed by atoms with Gasteiger partial charge in [0.25, 0.3) is 0 Å². The fourth-order valence-corrected chi connectivity index (χ4v) is 3.79. The summed E-state index contributed by atoms with van der Waals surface area (Å²) in [6.07, 6.45) is 0. The van der Waals surface area contributed by atoms with Crippen molar-refractivity contribution < 1.29 is 9.53 Å². The zero-order valence-corrected chi connectivity index (χ0v) is 15.9. The number of halogens is 1. The van der Waals surface area contributed by atoms with Crippen LogP contribution in [-0.4, -0.2) is 23.6 Å². The number of fused-ring (bicyclic) bond motifs is 1. The third-order valence-corrected chi connectivity index (χ3v) is 5.26. The summed E-state index contributed by atoms with van der Waals surface area (Å²) in [5, 5.41) is 2.44. The minimum absolute atomic E-state index is 0.0129. The average molecular weight is 372 g/mol. The molecule has 0 aliphatic carbocycles. The third kappa shape index (κ3) is 3.80. The van der Waals surface area contributed by atoms with Crippen LogP contribution < -0.4 is 4.74 Å². The number of ketones is 1. The van der Waals surface area contributed by atoms with Crippen molar-refractivity contribution in [3.63, 3.8) is 0 Å². The molecule has 0 unspecified atom stereocenters. The van der Waals surface area contributed by atoms with Crippen molar-refractivity contribution in [3.05, 3.63) is 64.2 Å². The first-order chi connectivity index (χ1) is 12.0. The van der Waals surface area contributed by atoms with Crippen LogP contribution in [0.15, 0.2) is 47.5 Å². The van der Waals surface area contributed by atoms with Gasteiger partial charge in [0.1, 0.15) is 5.75 Å². The molecule has 3 rings (SSSR count). The topological polar surface area (TPSA) is 39.2 Å². The van der Waals surface area contributed by atoms with Gasteiger partial charge in [-0.1, -0.05) is 41.6 Å². The molecule has 2 aromatic carbocycles. The Hall–Kier alpha value is -2.04. The highest BCUT2D eigenvalue weighted by molar-refractivity contribution is 7.99. The summed E-state index contributed by atoms with van der Waals surface area (Å²) in [4.78, 5) is 17.1. The van der Waals surface area contributed by atoms with Crippen LogP contribution >= 0.6 is 23.4 Å². The molecule has 0 saturated carbocycles. The number of rotatable bonds is 5. The van der Waals surface area contributed by atoms with Gasteiger partial charge in [0.05, 0.1) is 28.4 Å². The maximum atomic E-state index is 12.4. The van der Waals surface area contributed by atoms with E-state index in [1.54, 1.807) is 25.3 Å². The molecular weight excluding hydrogens is 354 g/mol. The second kappa shape index (κ2) is 7.46. The van der Waals surface area contributed by atoms with Gasteiger partial charge >= 0.3 is 0 Å². The number of pyridine rings is 1. The Morgan fingerprint density at radius 1 is 1.16 bits per heavy atom. The van der Waals surface area contributed by atoms with Gasteiger partial charge in [-0.3, -0.25) is 4.79 Å². The van der Waals surface area contributed by atoms with Crippen LogP contribution in [0.5, 0.6) is 5.75 Å². The summed E-state index contributed by atoms with van der Waals surface area (Å²) in [7, 11) is 1.55. The average Bonchev–Trinajstić information content (AvgIpc) is 2.60. The van der Waals surface area contributed by atoms with Crippen molar-refractivity contribution in [2.75, 3.05) is 12.9 Å². The molecule has 25 heavy (non-hydrogen) atoms. The monoisotopic (exact) mass is 371 g/mol. The molecule has 5 heteroatoms. The lowest BCUT2D eigenvalue weighted by Crippen LogP contribution is -2.03. The first-order valence-electron chi connectivity index (χ1n) is 7.86. The van der Waals surface area contributed by atoms with Gasteiger partial charge in [-0.2, -0.15) is 0 Å². The summed E-state index contributed by atoms with van der Waals surface area (Å²) in [5.41, 5.74) is 3.87. The van der Waals surface area contributed by atoms with E-state index in [0.29, 0.717) is 22.1 Å². The SMILES string of the molecule is COc1ccc(C(=O)CSc2cc(C)c3cccc(C)c3n2)cc1Cl. The fourth-order valence-electron chi connectivity index (χ4n) is 2.67. The van der Waals surface area contributed by atoms with Gasteiger partial charge in [0.15, 0.2) is 5.78 Å². The molecule has 0 spiro atoms. The lowest BCUT2D eigenvalue weighted by atomic mass is 10.1. The first-order valence-corrected chi connectivity index (χ1v) is 9.22. The summed E-state index contributed by atoms with van der Waals surface area (Å²) >= 11 is 7.54. The highest BCUT2D eigenvalue weighted by Gasteiger charge is 2.12. The van der Waals surface area contributed by atoms with Crippen molar-refractivity contribution >= 4 is 40.0 Å². The molecule has 0 N–H and O–H groups in total. The van der Waals surface area contributed by atoms with Crippen molar-refractivity contribution in [3.8, 4) is 5.75 Å². The number of ether oxygens (including phenoxy) is 1. The van der Waals surface area contributed by atoms with Crippen LogP contribution in [0.25, 0.3) is 10.9 Å². The van der Waals surface area contributed by atoms with Gasteiger partial charge in [0.2, 0.25) is 0 Å². The van der Waals surface area contributed by atoms with Crippen LogP contribution in [0.1, 0.15) is 21.5 Å². The second-order valence-electron chi connectivity index (χ2n) is 5.81. The van der Waals surface area contributed by atoms with E-state index in [-0.39, 0.29) is 5.78 Å². The molecule has 3 nitrogen and oxygen atoms in total. The number of aryl methyl sites for hydroxylation is 2. The Morgan fingerprint density at radius 3 is 2.68 bits per heavy atom. The largest absolute Gasteiger partial charge is 0.495 e. The summed E-state index contributed by atoms with van der Waals surface area (Å²) in [6.45, 7) is 4.12. The maximum absolute atomic E-state index is 12.4. The number of carbonyl (C=O) groups is 1. The zero-order chi connectivity index (χ0) is 18.0. The Morgan fingerprint density at radius 2 is 1.96 bits per heavy atom. The molecule has 0 amide bonds. The minimum atomic E-state index is 0.0129. The molecule has 1 aromatic heterocycles. The molecule has 128 valence electrons. The van der Waals surface area contributed by atoms with Gasteiger partial charge in [-0.15, -0.1) is 0 Å². The summed E-state index contributed by atoms with van der Waals surface area (Å²) in [5.74, 6) is 0.888. The number of thioether (sulfide) groups is 1. The molecular formula is C20H18ClNO2S. The zero-order valence-electron chi connectivity index (χ0n) is 14.3. The fraction of sp³-hybridized carbons (Fsp3) is 0.200. The van der Waals surface area contributed by atoms with Crippen molar-refractivity contribution in [1.29, 1.82) is 0 Å². The number of hydrogen-bond donors (Lipinski definition) is 0. The number of carbonyl (C=O) groups excluding carboxylic acids is 1. The van der Waals surface area contributed by atoms with Gasteiger partial charge < -0.3 is 4.74 Å². The number of para-hydroxylation sites is 1. The van der Waals surface area contributed by atoms with E-state index in [9.17, 15) is 4.79 Å². The Balaban J connectivity index is 1.79. The Kier molecular flexibility index (Phi) is 5.30. The smallest absolute Gasteiger partial charge is 0.173 e. The predicted octanol–water partition coefficient (Wildman–Crippen LogP) is 5.49. The maximum Gasteiger partial charge on any atom is 0.173 e. The summed E-state index contributed by atoms with van der Waals surface area (Å²) < 4.78 is 5.12. The quantitative estimate of drug-likeness (QED) is 0.439. The van der Waals surface area contributed by atoms with E-state index in [1.165, 1.54) is 11.8 Å². The van der Waals surface area contributed by atoms with Crippen LogP contribution in [0, 0.1) is 13.8 Å². The first kappa shape index (κ1) is 17.8. The molecule has 0 radical (unpaired) electrons. The summed E-state index contributed by atoms with van der Waals surface area (Å²) in [6, 6.07) is 13.3. The van der Waals surface area contributed by atoms with Crippen molar-refractivity contribution in [1.82, 2.24) is 4.98 Å². The van der Waals surface area contributed by atoms with Gasteiger partial charge in [-0.25, -0.2) is 4.98 Å². The molecule has 0 saturated heterocycles. The molecule has 0 bridgehead atoms. The van der Waals surface area contributed by atoms with E-state index in [2.05, 4.69) is 13.0 Å². The Bertz CT molecular complexity index is 956. The third-order valence-electron chi connectivity index (χ3n) is 4.05. The van der Waals surface area contributed by atoms with Crippen molar-refractivity contribution in [2.45, 2.75) is 18.9 Å². The second-order valence-corrected chi connectivity index (χ2v) is 7.21. The van der Waals surface area contributed by atoms with Crippen LogP contribution in [-0.2, 0) is 0 Å². The van der Waals surface area contributed by atoms with E-state index >= 15 is 0 Å². The number of benzene rings is 2. The van der Waals surface area contributed by atoms with Crippen LogP contribution in [0.2, 0.25) is 5.02 Å². The van der Waals surface area contributed by atoms with Crippen molar-refractivity contribution in [2.24, 2.45) is 0 Å². The normalized spacial score (nSPS) is 10.9. The van der Waals surface area contributed by atoms with Crippen LogP contribution in [0.4, 0.5) is 0 Å². The number of hydrogen-bond acceptors (Lipinski definition) is 4. The van der Waals surface area contributed by atoms with E-state index in [1.807, 2.05) is 25.1 Å². The molecule has 3 aromatic rings. The molecule has 0 aliphatic heterocycles. The van der Waals surface area contributed by atoms with Gasteiger partial charge in [0, 0.05) is 10.9 Å². The van der Waals surface area contributed by atoms with Crippen LogP contribution in [0.3, 0.4) is 0 Å². The van der Waals surface area contributed by atoms with E-state index in [4.69, 9.17) is 21.3 Å². The highest BCUT2D eigenvalue weighted by Crippen LogP contribution is 2.28. The number of aromatic nitrogens is 1. The Labute approximate surface area is 156 Å². The standard InChI is InChI=1S/C20H18ClNO2S/c1-12-5-4-6-15-13(2)9-19(22-20(12)15)25-11-17(23)14-7-8-18(24-3)16(21)10-14/h4-10H,11H2,1-3H3. The molecule has 0 fully saturated rings. The number of nitrogens with zero attached hydrogens (tertiary/aromatic N) is 1. The predicted molar refractivity (Wildman–Crippen MR) is 104 cm³/mol. The number of Topliss-reactive ketones (excluding diaryl/α,β-unsaturated/α-hetero) is 1. The molecule has 1 heterocycles. The van der Waals surface area contributed by atoms with E-state index in [0.717, 1.165) is 27.1 Å². The molecule has 0 atom stereocenters. The highest BCUT2D eigenvalue weighted by atomic mass is 35.5. The number of methoxy groups -OCH3 is 1. The molecule has 0 aliphatic rings. The van der Waals surface area contributed by atoms with E-state index < -0.39 is 0 Å². The van der Waals surface area contributed by atoms with Gasteiger partial charge in [-0.05, 0) is 49.2 Å². The lowest BCUT2D eigenvalue weighted by molar-refractivity contribution is 0.102. The minimum Gasteiger partial charge on any atom is -0.495 e. The lowest BCUT2D eigenvalue weighted by Gasteiger charge is -2.08.